The van der Waals surface area contributed by atoms with Crippen molar-refractivity contribution in [2.24, 2.45) is 0 Å². The quantitative estimate of drug-likeness (QED) is 0.613. The lowest BCUT2D eigenvalue weighted by molar-refractivity contribution is -0.137. The summed E-state index contributed by atoms with van der Waals surface area (Å²) in [6.07, 6.45) is -0.662. The predicted octanol–water partition coefficient (Wildman–Crippen LogP) is 4.43. The molecule has 0 fully saturated rings. The summed E-state index contributed by atoms with van der Waals surface area (Å²) in [6, 6.07) is 13.1. The van der Waals surface area contributed by atoms with Gasteiger partial charge in [-0.25, -0.2) is 0 Å². The molecule has 7 heteroatoms. The van der Waals surface area contributed by atoms with Crippen molar-refractivity contribution in [1.82, 2.24) is 15.1 Å². The number of hydrogen-bond acceptors (Lipinski definition) is 5. The molecule has 0 aliphatic heterocycles. The van der Waals surface area contributed by atoms with E-state index < -0.39 is 6.10 Å². The maximum Gasteiger partial charge on any atom is 0.263 e. The van der Waals surface area contributed by atoms with Gasteiger partial charge < -0.3 is 14.1 Å². The third kappa shape index (κ3) is 4.70. The van der Waals surface area contributed by atoms with Crippen LogP contribution in [0, 0.1) is 13.8 Å². The molecule has 1 aromatic heterocycles. The Morgan fingerprint density at radius 2 is 1.89 bits per heavy atom. The summed E-state index contributed by atoms with van der Waals surface area (Å²) in [5.41, 5.74) is 2.88. The zero-order chi connectivity index (χ0) is 20.3. The van der Waals surface area contributed by atoms with Gasteiger partial charge in [-0.05, 0) is 56.7 Å². The van der Waals surface area contributed by atoms with Crippen molar-refractivity contribution in [1.29, 1.82) is 0 Å². The third-order valence-corrected chi connectivity index (χ3v) is 4.73. The van der Waals surface area contributed by atoms with Crippen LogP contribution >= 0.6 is 11.6 Å². The summed E-state index contributed by atoms with van der Waals surface area (Å²) < 4.78 is 11.4. The number of aromatic nitrogens is 2. The predicted molar refractivity (Wildman–Crippen MR) is 107 cm³/mol. The van der Waals surface area contributed by atoms with E-state index in [1.807, 2.05) is 38.1 Å². The molecule has 3 rings (SSSR count). The third-order valence-electron chi connectivity index (χ3n) is 4.30. The lowest BCUT2D eigenvalue weighted by Crippen LogP contribution is -2.37. The highest BCUT2D eigenvalue weighted by molar-refractivity contribution is 6.31. The van der Waals surface area contributed by atoms with Gasteiger partial charge in [-0.2, -0.15) is 0 Å². The lowest BCUT2D eigenvalue weighted by Gasteiger charge is -2.21. The van der Waals surface area contributed by atoms with Crippen LogP contribution in [0.2, 0.25) is 5.02 Å². The minimum atomic E-state index is -0.662. The van der Waals surface area contributed by atoms with Gasteiger partial charge >= 0.3 is 0 Å². The summed E-state index contributed by atoms with van der Waals surface area (Å²) in [6.45, 7) is 5.80. The topological polar surface area (TPSA) is 68.5 Å². The molecule has 0 saturated carbocycles. The highest BCUT2D eigenvalue weighted by atomic mass is 35.5. The molecule has 1 atom stereocenters. The van der Waals surface area contributed by atoms with Crippen LogP contribution in [-0.4, -0.2) is 34.2 Å². The zero-order valence-corrected chi connectivity index (χ0v) is 17.0. The number of benzene rings is 2. The Kier molecular flexibility index (Phi) is 5.99. The van der Waals surface area contributed by atoms with Gasteiger partial charge in [-0.1, -0.05) is 29.3 Å². The van der Waals surface area contributed by atoms with E-state index in [-0.39, 0.29) is 12.5 Å². The molecule has 0 unspecified atom stereocenters. The van der Waals surface area contributed by atoms with Crippen molar-refractivity contribution >= 4 is 17.5 Å². The van der Waals surface area contributed by atoms with Crippen LogP contribution in [0.3, 0.4) is 0 Å². The molecule has 0 aliphatic carbocycles. The normalized spacial score (nSPS) is 11.9. The Balaban J connectivity index is 1.62. The number of aryl methyl sites for hydroxylation is 2. The van der Waals surface area contributed by atoms with E-state index in [4.69, 9.17) is 20.8 Å². The first-order chi connectivity index (χ1) is 13.3. The van der Waals surface area contributed by atoms with E-state index >= 15 is 0 Å². The maximum atomic E-state index is 12.6. The van der Waals surface area contributed by atoms with E-state index in [1.54, 1.807) is 32.2 Å². The van der Waals surface area contributed by atoms with E-state index in [0.29, 0.717) is 22.6 Å². The van der Waals surface area contributed by atoms with E-state index in [1.165, 1.54) is 4.90 Å². The number of rotatable bonds is 6. The Bertz CT molecular complexity index is 969. The van der Waals surface area contributed by atoms with Crippen LogP contribution in [0.15, 0.2) is 46.9 Å². The molecule has 0 radical (unpaired) electrons. The molecule has 28 heavy (non-hydrogen) atoms. The lowest BCUT2D eigenvalue weighted by atomic mass is 10.1. The molecule has 0 bridgehead atoms. The summed E-state index contributed by atoms with van der Waals surface area (Å²) >= 11 is 6.02. The fourth-order valence-corrected chi connectivity index (χ4v) is 2.78. The van der Waals surface area contributed by atoms with Gasteiger partial charge in [0.25, 0.3) is 5.91 Å². The van der Waals surface area contributed by atoms with Gasteiger partial charge in [-0.3, -0.25) is 4.79 Å². The molecule has 0 saturated heterocycles. The fourth-order valence-electron chi connectivity index (χ4n) is 2.67. The Morgan fingerprint density at radius 3 is 2.57 bits per heavy atom. The minimum Gasteiger partial charge on any atom is -0.481 e. The molecular formula is C21H22ClN3O3. The molecule has 146 valence electrons. The molecule has 1 heterocycles. The number of halogens is 1. The molecule has 1 amide bonds. The zero-order valence-electron chi connectivity index (χ0n) is 16.3. The monoisotopic (exact) mass is 399 g/mol. The molecule has 2 aromatic carbocycles. The van der Waals surface area contributed by atoms with Crippen LogP contribution in [0.5, 0.6) is 5.75 Å². The minimum absolute atomic E-state index is 0.192. The van der Waals surface area contributed by atoms with E-state index in [2.05, 4.69) is 10.2 Å². The number of likely N-dealkylation sites (N-methyl/N-ethyl adjacent to an activating group) is 1. The van der Waals surface area contributed by atoms with Gasteiger partial charge in [0, 0.05) is 17.6 Å². The largest absolute Gasteiger partial charge is 0.481 e. The Hall–Kier alpha value is -2.86. The Morgan fingerprint density at radius 1 is 1.18 bits per heavy atom. The van der Waals surface area contributed by atoms with Crippen molar-refractivity contribution in [3.8, 4) is 17.2 Å². The second-order valence-electron chi connectivity index (χ2n) is 6.73. The summed E-state index contributed by atoms with van der Waals surface area (Å²) in [4.78, 5) is 14.1. The smallest absolute Gasteiger partial charge is 0.263 e. The standard InChI is InChI=1S/C21H22ClN3O3/c1-13-5-7-16(8-6-13)20-24-23-19(28-20)12-25(4)21(26)15(3)27-17-9-10-18(22)14(2)11-17/h5-11,15H,12H2,1-4H3/t15-/m0/s1. The molecule has 3 aromatic rings. The van der Waals surface area contributed by atoms with Crippen LogP contribution < -0.4 is 4.74 Å². The number of carbonyl (C=O) groups excluding carboxylic acids is 1. The number of amides is 1. The fraction of sp³-hybridized carbons (Fsp3) is 0.286. The molecule has 6 nitrogen and oxygen atoms in total. The summed E-state index contributed by atoms with van der Waals surface area (Å²) in [5.74, 6) is 1.19. The van der Waals surface area contributed by atoms with Gasteiger partial charge in [0.2, 0.25) is 11.8 Å². The Labute approximate surface area is 169 Å². The summed E-state index contributed by atoms with van der Waals surface area (Å²) in [5, 5.41) is 8.75. The maximum absolute atomic E-state index is 12.6. The van der Waals surface area contributed by atoms with Crippen molar-refractivity contribution in [2.45, 2.75) is 33.4 Å². The number of hydrogen-bond donors (Lipinski definition) is 0. The number of nitrogens with zero attached hydrogens (tertiary/aromatic N) is 3. The van der Waals surface area contributed by atoms with Crippen molar-refractivity contribution in [3.63, 3.8) is 0 Å². The highest BCUT2D eigenvalue weighted by Gasteiger charge is 2.21. The number of carbonyl (C=O) groups is 1. The van der Waals surface area contributed by atoms with Gasteiger partial charge in [0.15, 0.2) is 6.10 Å². The van der Waals surface area contributed by atoms with Crippen LogP contribution in [0.4, 0.5) is 0 Å². The van der Waals surface area contributed by atoms with E-state index in [9.17, 15) is 4.79 Å². The second-order valence-corrected chi connectivity index (χ2v) is 7.14. The first-order valence-electron chi connectivity index (χ1n) is 8.90. The van der Waals surface area contributed by atoms with Crippen molar-refractivity contribution < 1.29 is 13.9 Å². The van der Waals surface area contributed by atoms with Gasteiger partial charge in [-0.15, -0.1) is 10.2 Å². The molecule has 0 aliphatic rings. The van der Waals surface area contributed by atoms with Crippen molar-refractivity contribution in [2.75, 3.05) is 7.05 Å². The van der Waals surface area contributed by atoms with Gasteiger partial charge in [0.1, 0.15) is 5.75 Å². The first-order valence-corrected chi connectivity index (χ1v) is 9.28. The van der Waals surface area contributed by atoms with E-state index in [0.717, 1.165) is 16.7 Å². The average Bonchev–Trinajstić information content (AvgIpc) is 3.13. The second kappa shape index (κ2) is 8.44. The van der Waals surface area contributed by atoms with Crippen LogP contribution in [0.1, 0.15) is 23.9 Å². The molecule has 0 N–H and O–H groups in total. The number of ether oxygens (including phenoxy) is 1. The van der Waals surface area contributed by atoms with Crippen LogP contribution in [-0.2, 0) is 11.3 Å². The molecule has 0 spiro atoms. The summed E-state index contributed by atoms with van der Waals surface area (Å²) in [7, 11) is 1.67. The average molecular weight is 400 g/mol. The first kappa shape index (κ1) is 19.9. The highest BCUT2D eigenvalue weighted by Crippen LogP contribution is 2.22. The van der Waals surface area contributed by atoms with Gasteiger partial charge in [0.05, 0.1) is 6.54 Å². The SMILES string of the molecule is Cc1ccc(-c2nnc(CN(C)C(=O)[C@H](C)Oc3ccc(Cl)c(C)c3)o2)cc1. The molecular weight excluding hydrogens is 378 g/mol. The van der Waals surface area contributed by atoms with Crippen LogP contribution in [0.25, 0.3) is 11.5 Å². The van der Waals surface area contributed by atoms with Crippen molar-refractivity contribution in [3.05, 3.63) is 64.5 Å².